The van der Waals surface area contributed by atoms with E-state index in [0.717, 1.165) is 33.2 Å². The van der Waals surface area contributed by atoms with E-state index in [9.17, 15) is 4.79 Å². The van der Waals surface area contributed by atoms with Gasteiger partial charge < -0.3 is 0 Å². The van der Waals surface area contributed by atoms with Gasteiger partial charge in [-0.1, -0.05) is 18.2 Å². The summed E-state index contributed by atoms with van der Waals surface area (Å²) in [4.78, 5) is 16.1. The number of nitrogens with zero attached hydrogens (tertiary/aromatic N) is 1. The Hall–Kier alpha value is -2.00. The third-order valence-corrected chi connectivity index (χ3v) is 3.63. The maximum Gasteiger partial charge on any atom is 0.150 e. The van der Waals surface area contributed by atoms with Gasteiger partial charge in [0.2, 0.25) is 0 Å². The van der Waals surface area contributed by atoms with E-state index in [4.69, 9.17) is 0 Å². The van der Waals surface area contributed by atoms with Gasteiger partial charge in [-0.3, -0.25) is 9.78 Å². The standard InChI is InChI=1S/C14H9NOS/c16-8-10-5-14(17-9-10)12-6-11-3-1-2-4-13(11)15-7-12/h1-9H. The highest BCUT2D eigenvalue weighted by Gasteiger charge is 2.03. The zero-order valence-corrected chi connectivity index (χ0v) is 9.78. The SMILES string of the molecule is O=Cc1csc(-c2cnc3ccccc3c2)c1. The Morgan fingerprint density at radius 2 is 2.06 bits per heavy atom. The van der Waals surface area contributed by atoms with E-state index in [1.165, 1.54) is 0 Å². The molecule has 3 rings (SSSR count). The van der Waals surface area contributed by atoms with Crippen LogP contribution in [0.1, 0.15) is 10.4 Å². The van der Waals surface area contributed by atoms with Gasteiger partial charge in [0.1, 0.15) is 0 Å². The van der Waals surface area contributed by atoms with Gasteiger partial charge >= 0.3 is 0 Å². The molecule has 0 aliphatic heterocycles. The summed E-state index contributed by atoms with van der Waals surface area (Å²) in [5.74, 6) is 0. The zero-order valence-electron chi connectivity index (χ0n) is 8.96. The Bertz CT molecular complexity index is 687. The van der Waals surface area contributed by atoms with Crippen molar-refractivity contribution in [1.29, 1.82) is 0 Å². The molecule has 0 saturated carbocycles. The Kier molecular flexibility index (Phi) is 2.46. The van der Waals surface area contributed by atoms with Gasteiger partial charge in [-0.2, -0.15) is 0 Å². The average Bonchev–Trinajstić information content (AvgIpc) is 2.87. The summed E-state index contributed by atoms with van der Waals surface area (Å²) < 4.78 is 0. The molecule has 3 aromatic rings. The lowest BCUT2D eigenvalue weighted by Gasteiger charge is -2.00. The van der Waals surface area contributed by atoms with Crippen molar-refractivity contribution in [3.63, 3.8) is 0 Å². The van der Waals surface area contributed by atoms with Gasteiger partial charge in [-0.15, -0.1) is 11.3 Å². The number of hydrogen-bond acceptors (Lipinski definition) is 3. The van der Waals surface area contributed by atoms with Crippen LogP contribution in [0, 0.1) is 0 Å². The van der Waals surface area contributed by atoms with Crippen molar-refractivity contribution in [3.8, 4) is 10.4 Å². The molecule has 0 atom stereocenters. The molecule has 82 valence electrons. The Morgan fingerprint density at radius 1 is 1.18 bits per heavy atom. The molecule has 0 fully saturated rings. The van der Waals surface area contributed by atoms with E-state index in [0.29, 0.717) is 0 Å². The van der Waals surface area contributed by atoms with Crippen molar-refractivity contribution < 1.29 is 4.79 Å². The van der Waals surface area contributed by atoms with Crippen LogP contribution in [0.3, 0.4) is 0 Å². The molecular formula is C14H9NOS. The van der Waals surface area contributed by atoms with Gasteiger partial charge in [0.05, 0.1) is 5.52 Å². The quantitative estimate of drug-likeness (QED) is 0.637. The van der Waals surface area contributed by atoms with Crippen LogP contribution in [-0.4, -0.2) is 11.3 Å². The number of para-hydroxylation sites is 1. The first-order chi connectivity index (χ1) is 8.36. The lowest BCUT2D eigenvalue weighted by molar-refractivity contribution is 0.112. The summed E-state index contributed by atoms with van der Waals surface area (Å²) >= 11 is 1.56. The predicted molar refractivity (Wildman–Crippen MR) is 70.4 cm³/mol. The van der Waals surface area contributed by atoms with Gasteiger partial charge in [-0.05, 0) is 18.2 Å². The molecule has 0 aliphatic rings. The molecule has 0 N–H and O–H groups in total. The monoisotopic (exact) mass is 239 g/mol. The fraction of sp³-hybridized carbons (Fsp3) is 0. The first-order valence-corrected chi connectivity index (χ1v) is 6.14. The molecule has 1 aromatic carbocycles. The topological polar surface area (TPSA) is 30.0 Å². The van der Waals surface area contributed by atoms with Crippen LogP contribution >= 0.6 is 11.3 Å². The highest BCUT2D eigenvalue weighted by molar-refractivity contribution is 7.13. The Labute approximate surface area is 103 Å². The molecule has 0 saturated heterocycles. The maximum atomic E-state index is 10.7. The molecule has 0 radical (unpaired) electrons. The minimum atomic E-state index is 0.721. The highest BCUT2D eigenvalue weighted by atomic mass is 32.1. The Balaban J connectivity index is 2.14. The molecule has 2 heterocycles. The molecular weight excluding hydrogens is 230 g/mol. The largest absolute Gasteiger partial charge is 0.298 e. The van der Waals surface area contributed by atoms with Crippen LogP contribution < -0.4 is 0 Å². The Morgan fingerprint density at radius 3 is 2.88 bits per heavy atom. The van der Waals surface area contributed by atoms with Gasteiger partial charge in [0.25, 0.3) is 0 Å². The van der Waals surface area contributed by atoms with Crippen molar-refractivity contribution >= 4 is 28.5 Å². The number of fused-ring (bicyclic) bond motifs is 1. The number of hydrogen-bond donors (Lipinski definition) is 0. The van der Waals surface area contributed by atoms with E-state index < -0.39 is 0 Å². The number of carbonyl (C=O) groups is 1. The second-order valence-electron chi connectivity index (χ2n) is 3.78. The number of aldehydes is 1. The van der Waals surface area contributed by atoms with Crippen LogP contribution in [0.15, 0.2) is 48.0 Å². The summed E-state index contributed by atoms with van der Waals surface area (Å²) in [5.41, 5.74) is 2.77. The first kappa shape index (κ1) is 10.2. The van der Waals surface area contributed by atoms with Crippen molar-refractivity contribution in [2.24, 2.45) is 0 Å². The summed E-state index contributed by atoms with van der Waals surface area (Å²) in [5, 5.41) is 2.98. The van der Waals surface area contributed by atoms with Gasteiger partial charge in [-0.25, -0.2) is 0 Å². The second kappa shape index (κ2) is 4.11. The average molecular weight is 239 g/mol. The van der Waals surface area contributed by atoms with Crippen LogP contribution in [-0.2, 0) is 0 Å². The number of carbonyl (C=O) groups excluding carboxylic acids is 1. The predicted octanol–water partition coefficient (Wildman–Crippen LogP) is 3.78. The number of aromatic nitrogens is 1. The maximum absolute atomic E-state index is 10.7. The summed E-state index contributed by atoms with van der Waals surface area (Å²) in [6.07, 6.45) is 2.72. The number of benzene rings is 1. The first-order valence-electron chi connectivity index (χ1n) is 5.26. The smallest absolute Gasteiger partial charge is 0.150 e. The van der Waals surface area contributed by atoms with E-state index in [1.807, 2.05) is 41.9 Å². The molecule has 0 bridgehead atoms. The number of thiophene rings is 1. The van der Waals surface area contributed by atoms with Crippen LogP contribution in [0.4, 0.5) is 0 Å². The zero-order chi connectivity index (χ0) is 11.7. The van der Waals surface area contributed by atoms with Crippen molar-refractivity contribution in [1.82, 2.24) is 4.98 Å². The molecule has 3 heteroatoms. The fourth-order valence-electron chi connectivity index (χ4n) is 1.77. The summed E-state index contributed by atoms with van der Waals surface area (Å²) in [7, 11) is 0. The molecule has 2 nitrogen and oxygen atoms in total. The molecule has 2 aromatic heterocycles. The summed E-state index contributed by atoms with van der Waals surface area (Å²) in [6.45, 7) is 0. The van der Waals surface area contributed by atoms with Gasteiger partial charge in [0, 0.05) is 33.0 Å². The lowest BCUT2D eigenvalue weighted by atomic mass is 10.1. The third kappa shape index (κ3) is 1.85. The van der Waals surface area contributed by atoms with Crippen LogP contribution in [0.5, 0.6) is 0 Å². The normalized spacial score (nSPS) is 10.6. The molecule has 0 spiro atoms. The van der Waals surface area contributed by atoms with E-state index in [1.54, 1.807) is 11.3 Å². The van der Waals surface area contributed by atoms with Gasteiger partial charge in [0.15, 0.2) is 6.29 Å². The van der Waals surface area contributed by atoms with Crippen molar-refractivity contribution in [2.75, 3.05) is 0 Å². The molecule has 17 heavy (non-hydrogen) atoms. The molecule has 0 unspecified atom stereocenters. The second-order valence-corrected chi connectivity index (χ2v) is 4.69. The minimum Gasteiger partial charge on any atom is -0.298 e. The lowest BCUT2D eigenvalue weighted by Crippen LogP contribution is -1.80. The number of pyridine rings is 1. The van der Waals surface area contributed by atoms with Crippen molar-refractivity contribution in [3.05, 3.63) is 53.5 Å². The molecule has 0 aliphatic carbocycles. The fourth-order valence-corrected chi connectivity index (χ4v) is 2.61. The summed E-state index contributed by atoms with van der Waals surface area (Å²) in [6, 6.07) is 12.0. The van der Waals surface area contributed by atoms with E-state index in [2.05, 4.69) is 11.1 Å². The van der Waals surface area contributed by atoms with Crippen molar-refractivity contribution in [2.45, 2.75) is 0 Å². The highest BCUT2D eigenvalue weighted by Crippen LogP contribution is 2.28. The van der Waals surface area contributed by atoms with E-state index in [-0.39, 0.29) is 0 Å². The minimum absolute atomic E-state index is 0.721. The van der Waals surface area contributed by atoms with E-state index >= 15 is 0 Å². The number of rotatable bonds is 2. The van der Waals surface area contributed by atoms with Crippen LogP contribution in [0.25, 0.3) is 21.3 Å². The molecule has 0 amide bonds. The third-order valence-electron chi connectivity index (χ3n) is 2.63. The van der Waals surface area contributed by atoms with Crippen LogP contribution in [0.2, 0.25) is 0 Å².